The lowest BCUT2D eigenvalue weighted by Crippen LogP contribution is -2.54. The minimum Gasteiger partial charge on any atom is -0.461 e. The maximum atomic E-state index is 14.1. The number of amides is 3. The van der Waals surface area contributed by atoms with Gasteiger partial charge in [0, 0.05) is 6.26 Å². The Morgan fingerprint density at radius 1 is 0.696 bits per heavy atom. The predicted molar refractivity (Wildman–Crippen MR) is 210 cm³/mol. The molecule has 0 aliphatic carbocycles. The molecule has 3 amide bonds. The van der Waals surface area contributed by atoms with Crippen molar-refractivity contribution in [1.29, 1.82) is 0 Å². The number of benzene rings is 2. The first-order valence-electron chi connectivity index (χ1n) is 18.0. The molecule has 56 heavy (non-hydrogen) atoms. The van der Waals surface area contributed by atoms with Crippen molar-refractivity contribution in [3.05, 3.63) is 82.2 Å². The summed E-state index contributed by atoms with van der Waals surface area (Å²) in [6, 6.07) is 13.0. The van der Waals surface area contributed by atoms with Gasteiger partial charge in [-0.15, -0.1) is 0 Å². The Bertz CT molecular complexity index is 1820. The average molecular weight is 820 g/mol. The summed E-state index contributed by atoms with van der Waals surface area (Å²) in [4.78, 5) is 80.3. The highest BCUT2D eigenvalue weighted by Gasteiger charge is 2.35. The first-order valence-corrected chi connectivity index (χ1v) is 20.3. The second-order valence-corrected chi connectivity index (χ2v) is 18.2. The average Bonchev–Trinajstić information content (AvgIpc) is 3.06. The van der Waals surface area contributed by atoms with E-state index in [-0.39, 0.29) is 6.61 Å². The van der Waals surface area contributed by atoms with E-state index in [1.54, 1.807) is 116 Å². The Morgan fingerprint density at radius 2 is 1.20 bits per heavy atom. The number of hydrogen-bond donors (Lipinski definition) is 3. The number of halogens is 1. The minimum absolute atomic E-state index is 0.0664. The number of carbonyl (C=O) groups excluding carboxylic acids is 6. The van der Waals surface area contributed by atoms with Crippen molar-refractivity contribution in [3.8, 4) is 0 Å². The highest BCUT2D eigenvalue weighted by atomic mass is 35.5. The van der Waals surface area contributed by atoms with E-state index in [0.717, 1.165) is 12.3 Å². The van der Waals surface area contributed by atoms with E-state index < -0.39 is 110 Å². The molecule has 14 nitrogen and oxygen atoms in total. The van der Waals surface area contributed by atoms with Crippen molar-refractivity contribution >= 4 is 57.1 Å². The summed E-state index contributed by atoms with van der Waals surface area (Å²) in [5, 5.41) is 7.87. The van der Waals surface area contributed by atoms with Gasteiger partial charge >= 0.3 is 17.9 Å². The van der Waals surface area contributed by atoms with Crippen LogP contribution in [0.4, 0.5) is 0 Å². The van der Waals surface area contributed by atoms with E-state index >= 15 is 0 Å². The first-order chi connectivity index (χ1) is 25.8. The molecular formula is C40H54ClN3O11S. The zero-order valence-electron chi connectivity index (χ0n) is 33.3. The molecule has 2 aromatic carbocycles. The van der Waals surface area contributed by atoms with Crippen LogP contribution in [0.3, 0.4) is 0 Å². The molecule has 0 aromatic heterocycles. The number of sulfone groups is 1. The highest BCUT2D eigenvalue weighted by molar-refractivity contribution is 7.96. The number of esters is 3. The van der Waals surface area contributed by atoms with Crippen molar-refractivity contribution < 1.29 is 51.4 Å². The summed E-state index contributed by atoms with van der Waals surface area (Å²) in [6.07, 6.45) is 0.357. The molecule has 0 radical (unpaired) electrons. The number of nitrogens with one attached hydrogen (secondary N) is 3. The van der Waals surface area contributed by atoms with Gasteiger partial charge in [0.05, 0.1) is 31.2 Å². The van der Waals surface area contributed by atoms with E-state index in [4.69, 9.17) is 25.8 Å². The number of ether oxygens (including phenoxy) is 3. The lowest BCUT2D eigenvalue weighted by Gasteiger charge is -2.28. The van der Waals surface area contributed by atoms with E-state index in [1.807, 2.05) is 0 Å². The van der Waals surface area contributed by atoms with Crippen LogP contribution in [0.5, 0.6) is 0 Å². The Labute approximate surface area is 334 Å². The van der Waals surface area contributed by atoms with Gasteiger partial charge in [0.1, 0.15) is 34.3 Å². The summed E-state index contributed by atoms with van der Waals surface area (Å²) >= 11 is 6.00. The number of rotatable bonds is 18. The summed E-state index contributed by atoms with van der Waals surface area (Å²) in [5.74, 6) is -6.60. The monoisotopic (exact) mass is 819 g/mol. The van der Waals surface area contributed by atoms with Gasteiger partial charge < -0.3 is 30.2 Å². The molecule has 2 aromatic rings. The SMILES string of the molecule is CC(C)[C@H](NC(=O)[C@@H](NC(=O)[C@@H](CC(=O)OCc1ccccc1)CC(=O)OC(C)(C)C)c1ccccc1)C(=O)N[C@H](/C=C(\Cl)S(C)(=O)=O)CC(=O)OC(C)(C)C. The van der Waals surface area contributed by atoms with Crippen LogP contribution >= 0.6 is 11.6 Å². The van der Waals surface area contributed by atoms with Gasteiger partial charge in [-0.25, -0.2) is 8.42 Å². The molecule has 0 spiro atoms. The molecule has 308 valence electrons. The van der Waals surface area contributed by atoms with Gasteiger partial charge in [0.25, 0.3) is 0 Å². The van der Waals surface area contributed by atoms with E-state index in [9.17, 15) is 37.2 Å². The topological polar surface area (TPSA) is 200 Å². The van der Waals surface area contributed by atoms with Gasteiger partial charge in [-0.1, -0.05) is 86.1 Å². The van der Waals surface area contributed by atoms with Crippen LogP contribution in [0.2, 0.25) is 0 Å². The molecule has 4 atom stereocenters. The summed E-state index contributed by atoms with van der Waals surface area (Å²) in [6.45, 7) is 13.1. The van der Waals surface area contributed by atoms with Gasteiger partial charge in [-0.2, -0.15) is 0 Å². The molecular weight excluding hydrogens is 766 g/mol. The van der Waals surface area contributed by atoms with E-state index in [2.05, 4.69) is 16.0 Å². The molecule has 0 bridgehead atoms. The number of carbonyl (C=O) groups is 6. The first kappa shape index (κ1) is 47.4. The van der Waals surface area contributed by atoms with Crippen LogP contribution in [-0.4, -0.2) is 73.6 Å². The molecule has 2 rings (SSSR count). The van der Waals surface area contributed by atoms with Crippen molar-refractivity contribution in [1.82, 2.24) is 16.0 Å². The molecule has 0 heterocycles. The molecule has 0 fully saturated rings. The summed E-state index contributed by atoms with van der Waals surface area (Å²) in [5.41, 5.74) is -0.739. The molecule has 16 heteroatoms. The molecule has 0 aliphatic rings. The molecule has 0 saturated carbocycles. The van der Waals surface area contributed by atoms with Crippen molar-refractivity contribution in [2.24, 2.45) is 11.8 Å². The fourth-order valence-electron chi connectivity index (χ4n) is 5.09. The van der Waals surface area contributed by atoms with Crippen LogP contribution < -0.4 is 16.0 Å². The third kappa shape index (κ3) is 17.8. The largest absolute Gasteiger partial charge is 0.461 e. The van der Waals surface area contributed by atoms with Gasteiger partial charge in [0.2, 0.25) is 17.7 Å². The molecule has 0 saturated heterocycles. The third-order valence-corrected chi connectivity index (χ3v) is 9.42. The standard InChI is InChI=1S/C40H54ClN3O11S/c1-25(2)34(37(49)42-29(22-30(41)56(9,51)52)23-33(47)55-40(6,7)8)43-38(50)35(27-18-14-11-15-19-27)44-36(48)28(21-32(46)54-39(3,4)5)20-31(45)53-24-26-16-12-10-13-17-26/h10-19,22,25,28-29,34-35H,20-21,23-24H2,1-9H3,(H,42,49)(H,43,50)(H,44,48)/b30-22+/t28-,29+,34-,35-/m0/s1. The molecule has 0 unspecified atom stereocenters. The Morgan fingerprint density at radius 3 is 1.70 bits per heavy atom. The molecule has 3 N–H and O–H groups in total. The molecule has 0 aliphatic heterocycles. The lowest BCUT2D eigenvalue weighted by molar-refractivity contribution is -0.159. The normalized spacial score (nSPS) is 14.4. The second kappa shape index (κ2) is 21.0. The smallest absolute Gasteiger partial charge is 0.308 e. The fraction of sp³-hybridized carbons (Fsp3) is 0.500. The van der Waals surface area contributed by atoms with Crippen LogP contribution in [-0.2, 0) is 59.4 Å². The zero-order chi connectivity index (χ0) is 42.4. The van der Waals surface area contributed by atoms with Crippen molar-refractivity contribution in [2.45, 2.75) is 111 Å². The predicted octanol–water partition coefficient (Wildman–Crippen LogP) is 4.81. The summed E-state index contributed by atoms with van der Waals surface area (Å²) < 4.78 is 39.7. The third-order valence-electron chi connectivity index (χ3n) is 7.61. The van der Waals surface area contributed by atoms with Gasteiger partial charge in [0.15, 0.2) is 9.84 Å². The maximum Gasteiger partial charge on any atom is 0.308 e. The van der Waals surface area contributed by atoms with Crippen molar-refractivity contribution in [2.75, 3.05) is 6.26 Å². The Balaban J connectivity index is 2.40. The van der Waals surface area contributed by atoms with Crippen LogP contribution in [0, 0.1) is 11.8 Å². The maximum absolute atomic E-state index is 14.1. The fourth-order valence-corrected chi connectivity index (χ4v) is 5.65. The summed E-state index contributed by atoms with van der Waals surface area (Å²) in [7, 11) is -3.91. The van der Waals surface area contributed by atoms with E-state index in [1.165, 1.54) is 0 Å². The minimum atomic E-state index is -3.91. The second-order valence-electron chi connectivity index (χ2n) is 15.6. The highest BCUT2D eigenvalue weighted by Crippen LogP contribution is 2.21. The zero-order valence-corrected chi connectivity index (χ0v) is 34.9. The van der Waals surface area contributed by atoms with Gasteiger partial charge in [-0.05, 0) is 64.7 Å². The van der Waals surface area contributed by atoms with E-state index in [0.29, 0.717) is 11.1 Å². The Hall–Kier alpha value is -4.76. The number of hydrogen-bond acceptors (Lipinski definition) is 11. The lowest BCUT2D eigenvalue weighted by atomic mass is 9.97. The van der Waals surface area contributed by atoms with Crippen LogP contribution in [0.25, 0.3) is 0 Å². The Kier molecular flexibility index (Phi) is 17.7. The van der Waals surface area contributed by atoms with Crippen LogP contribution in [0.15, 0.2) is 71.1 Å². The van der Waals surface area contributed by atoms with Crippen molar-refractivity contribution in [3.63, 3.8) is 0 Å². The van der Waals surface area contributed by atoms with Crippen LogP contribution in [0.1, 0.15) is 91.8 Å². The quantitative estimate of drug-likeness (QED) is 0.138. The van der Waals surface area contributed by atoms with Gasteiger partial charge in [-0.3, -0.25) is 28.8 Å².